The fourth-order valence-electron chi connectivity index (χ4n) is 3.10. The quantitative estimate of drug-likeness (QED) is 0.454. The highest BCUT2D eigenvalue weighted by Gasteiger charge is 2.09. The summed E-state index contributed by atoms with van der Waals surface area (Å²) < 4.78 is 0. The number of aromatic hydroxyl groups is 1. The van der Waals surface area contributed by atoms with Crippen molar-refractivity contribution in [3.05, 3.63) is 60.8 Å². The lowest BCUT2D eigenvalue weighted by molar-refractivity contribution is -0.116. The van der Waals surface area contributed by atoms with Crippen LogP contribution in [0.5, 0.6) is 5.75 Å². The zero-order valence-corrected chi connectivity index (χ0v) is 15.6. The van der Waals surface area contributed by atoms with Gasteiger partial charge in [0.2, 0.25) is 5.91 Å². The SMILES string of the molecule is CN(CCCCCC(=O)Nc1ccc(O)c2ncccc12)c1ccccc1. The van der Waals surface area contributed by atoms with E-state index < -0.39 is 0 Å². The molecule has 0 fully saturated rings. The average Bonchev–Trinajstić information content (AvgIpc) is 2.70. The van der Waals surface area contributed by atoms with Crippen LogP contribution in [-0.2, 0) is 4.79 Å². The Balaban J connectivity index is 1.44. The highest BCUT2D eigenvalue weighted by molar-refractivity contribution is 6.02. The summed E-state index contributed by atoms with van der Waals surface area (Å²) >= 11 is 0. The number of phenols is 1. The molecule has 27 heavy (non-hydrogen) atoms. The van der Waals surface area contributed by atoms with Crippen LogP contribution < -0.4 is 10.2 Å². The first-order chi connectivity index (χ1) is 13.1. The molecule has 0 spiro atoms. The van der Waals surface area contributed by atoms with E-state index in [4.69, 9.17) is 0 Å². The lowest BCUT2D eigenvalue weighted by atomic mass is 10.1. The molecular weight excluding hydrogens is 338 g/mol. The van der Waals surface area contributed by atoms with Gasteiger partial charge in [0.15, 0.2) is 0 Å². The number of carbonyl (C=O) groups excluding carboxylic acids is 1. The van der Waals surface area contributed by atoms with Crippen LogP contribution in [0, 0.1) is 0 Å². The number of fused-ring (bicyclic) bond motifs is 1. The summed E-state index contributed by atoms with van der Waals surface area (Å²) in [5.41, 5.74) is 2.40. The third-order valence-electron chi connectivity index (χ3n) is 4.62. The maximum atomic E-state index is 12.3. The summed E-state index contributed by atoms with van der Waals surface area (Å²) in [5.74, 6) is 0.105. The van der Waals surface area contributed by atoms with Crippen LogP contribution in [-0.4, -0.2) is 29.6 Å². The van der Waals surface area contributed by atoms with Crippen molar-refractivity contribution in [2.24, 2.45) is 0 Å². The zero-order chi connectivity index (χ0) is 19.1. The van der Waals surface area contributed by atoms with Crippen molar-refractivity contribution in [3.8, 4) is 5.75 Å². The van der Waals surface area contributed by atoms with E-state index in [-0.39, 0.29) is 11.7 Å². The normalized spacial score (nSPS) is 10.7. The molecule has 0 bridgehead atoms. The first-order valence-electron chi connectivity index (χ1n) is 9.28. The molecule has 0 radical (unpaired) electrons. The standard InChI is InChI=1S/C22H25N3O2/c1-25(17-9-4-2-5-10-17)16-7-3-6-12-21(27)24-19-13-14-20(26)22-18(19)11-8-15-23-22/h2,4-5,8-11,13-15,26H,3,6-7,12,16H2,1H3,(H,24,27). The monoisotopic (exact) mass is 363 g/mol. The number of carbonyl (C=O) groups is 1. The van der Waals surface area contributed by atoms with E-state index in [9.17, 15) is 9.90 Å². The molecule has 2 aromatic carbocycles. The summed E-state index contributed by atoms with van der Waals surface area (Å²) in [5, 5.41) is 13.6. The van der Waals surface area contributed by atoms with Crippen LogP contribution in [0.4, 0.5) is 11.4 Å². The molecule has 140 valence electrons. The van der Waals surface area contributed by atoms with Gasteiger partial charge in [-0.2, -0.15) is 0 Å². The Bertz CT molecular complexity index is 896. The van der Waals surface area contributed by atoms with Crippen LogP contribution in [0.15, 0.2) is 60.8 Å². The molecular formula is C22H25N3O2. The largest absolute Gasteiger partial charge is 0.506 e. The number of benzene rings is 2. The van der Waals surface area contributed by atoms with Gasteiger partial charge < -0.3 is 15.3 Å². The van der Waals surface area contributed by atoms with Crippen LogP contribution in [0.1, 0.15) is 25.7 Å². The molecule has 3 aromatic rings. The topological polar surface area (TPSA) is 65.5 Å². The van der Waals surface area contributed by atoms with Gasteiger partial charge in [0.05, 0.1) is 5.69 Å². The van der Waals surface area contributed by atoms with E-state index in [1.54, 1.807) is 24.4 Å². The Labute approximate surface area is 159 Å². The Morgan fingerprint density at radius 3 is 2.67 bits per heavy atom. The van der Waals surface area contributed by atoms with Crippen molar-refractivity contribution in [1.29, 1.82) is 0 Å². The average molecular weight is 363 g/mol. The van der Waals surface area contributed by atoms with Crippen LogP contribution in [0.2, 0.25) is 0 Å². The summed E-state index contributed by atoms with van der Waals surface area (Å²) in [7, 11) is 2.09. The number of hydrogen-bond donors (Lipinski definition) is 2. The predicted octanol–water partition coefficient (Wildman–Crippen LogP) is 4.58. The highest BCUT2D eigenvalue weighted by atomic mass is 16.3. The Morgan fingerprint density at radius 1 is 1.04 bits per heavy atom. The second-order valence-corrected chi connectivity index (χ2v) is 6.65. The lowest BCUT2D eigenvalue weighted by Gasteiger charge is -2.18. The molecule has 0 aliphatic carbocycles. The van der Waals surface area contributed by atoms with Crippen LogP contribution in [0.3, 0.4) is 0 Å². The molecule has 1 aromatic heterocycles. The first-order valence-corrected chi connectivity index (χ1v) is 9.28. The van der Waals surface area contributed by atoms with Crippen molar-refractivity contribution in [3.63, 3.8) is 0 Å². The molecule has 1 amide bonds. The number of nitrogens with zero attached hydrogens (tertiary/aromatic N) is 2. The smallest absolute Gasteiger partial charge is 0.224 e. The Kier molecular flexibility index (Phi) is 6.26. The van der Waals surface area contributed by atoms with Gasteiger partial charge in [-0.3, -0.25) is 9.78 Å². The number of phenolic OH excluding ortho intramolecular Hbond substituents is 1. The number of aromatic nitrogens is 1. The predicted molar refractivity (Wildman–Crippen MR) is 110 cm³/mol. The Morgan fingerprint density at radius 2 is 1.85 bits per heavy atom. The third-order valence-corrected chi connectivity index (χ3v) is 4.62. The van der Waals surface area contributed by atoms with Gasteiger partial charge in [-0.25, -0.2) is 0 Å². The number of para-hydroxylation sites is 1. The fourth-order valence-corrected chi connectivity index (χ4v) is 3.10. The zero-order valence-electron chi connectivity index (χ0n) is 15.6. The minimum atomic E-state index is -0.0118. The molecule has 0 aliphatic heterocycles. The minimum absolute atomic E-state index is 0.0118. The van der Waals surface area contributed by atoms with E-state index in [0.29, 0.717) is 17.6 Å². The van der Waals surface area contributed by atoms with Gasteiger partial charge in [0.1, 0.15) is 11.3 Å². The lowest BCUT2D eigenvalue weighted by Crippen LogP contribution is -2.18. The van der Waals surface area contributed by atoms with Crippen LogP contribution >= 0.6 is 0 Å². The van der Waals surface area contributed by atoms with Gasteiger partial charge in [-0.15, -0.1) is 0 Å². The Hall–Kier alpha value is -3.08. The number of rotatable bonds is 8. The van der Waals surface area contributed by atoms with E-state index in [1.165, 1.54) is 5.69 Å². The van der Waals surface area contributed by atoms with E-state index >= 15 is 0 Å². The molecule has 2 N–H and O–H groups in total. The molecule has 0 unspecified atom stereocenters. The molecule has 5 heteroatoms. The number of nitrogens with one attached hydrogen (secondary N) is 1. The summed E-state index contributed by atoms with van der Waals surface area (Å²) in [6, 6.07) is 17.2. The first kappa shape index (κ1) is 18.7. The molecule has 0 aliphatic rings. The number of anilines is 2. The van der Waals surface area contributed by atoms with Crippen molar-refractivity contribution in [2.75, 3.05) is 23.8 Å². The van der Waals surface area contributed by atoms with Gasteiger partial charge in [-0.1, -0.05) is 24.6 Å². The molecule has 5 nitrogen and oxygen atoms in total. The number of unbranched alkanes of at least 4 members (excludes halogenated alkanes) is 2. The molecule has 3 rings (SSSR count). The molecule has 0 atom stereocenters. The molecule has 0 saturated carbocycles. The second kappa shape index (κ2) is 9.03. The maximum absolute atomic E-state index is 12.3. The van der Waals surface area contributed by atoms with Gasteiger partial charge in [0, 0.05) is 37.3 Å². The van der Waals surface area contributed by atoms with E-state index in [1.807, 2.05) is 24.3 Å². The number of pyridine rings is 1. The fraction of sp³-hybridized carbons (Fsp3) is 0.273. The summed E-state index contributed by atoms with van der Waals surface area (Å²) in [6.45, 7) is 0.972. The van der Waals surface area contributed by atoms with Gasteiger partial charge in [-0.05, 0) is 49.2 Å². The van der Waals surface area contributed by atoms with E-state index in [0.717, 1.165) is 31.2 Å². The summed E-state index contributed by atoms with van der Waals surface area (Å²) in [6.07, 6.45) is 5.01. The van der Waals surface area contributed by atoms with Crippen molar-refractivity contribution in [1.82, 2.24) is 4.98 Å². The van der Waals surface area contributed by atoms with Crippen LogP contribution in [0.25, 0.3) is 10.9 Å². The van der Waals surface area contributed by atoms with Gasteiger partial charge in [0.25, 0.3) is 0 Å². The molecule has 1 heterocycles. The highest BCUT2D eigenvalue weighted by Crippen LogP contribution is 2.29. The van der Waals surface area contributed by atoms with E-state index in [2.05, 4.69) is 34.4 Å². The van der Waals surface area contributed by atoms with Crippen molar-refractivity contribution >= 4 is 28.2 Å². The molecule has 0 saturated heterocycles. The maximum Gasteiger partial charge on any atom is 0.224 e. The van der Waals surface area contributed by atoms with Crippen molar-refractivity contribution < 1.29 is 9.90 Å². The number of hydrogen-bond acceptors (Lipinski definition) is 4. The summed E-state index contributed by atoms with van der Waals surface area (Å²) in [4.78, 5) is 18.7. The number of amides is 1. The minimum Gasteiger partial charge on any atom is -0.506 e. The second-order valence-electron chi connectivity index (χ2n) is 6.65. The van der Waals surface area contributed by atoms with Gasteiger partial charge >= 0.3 is 0 Å². The third kappa shape index (κ3) is 4.97. The van der Waals surface area contributed by atoms with Crippen molar-refractivity contribution in [2.45, 2.75) is 25.7 Å².